The highest BCUT2D eigenvalue weighted by molar-refractivity contribution is 7.99. The number of amides is 1. The zero-order valence-electron chi connectivity index (χ0n) is 10.7. The van der Waals surface area contributed by atoms with Crippen molar-refractivity contribution in [1.29, 1.82) is 0 Å². The fourth-order valence-corrected chi connectivity index (χ4v) is 3.24. The fourth-order valence-electron chi connectivity index (χ4n) is 2.12. The lowest BCUT2D eigenvalue weighted by atomic mass is 10.0. The highest BCUT2D eigenvalue weighted by Gasteiger charge is 2.21. The molecule has 4 heteroatoms. The van der Waals surface area contributed by atoms with Gasteiger partial charge >= 0.3 is 0 Å². The molecule has 18 heavy (non-hydrogen) atoms. The van der Waals surface area contributed by atoms with E-state index in [0.29, 0.717) is 6.42 Å². The Morgan fingerprint density at radius 1 is 1.56 bits per heavy atom. The molecule has 1 amide bonds. The Bertz CT molecular complexity index is 420. The van der Waals surface area contributed by atoms with Gasteiger partial charge < -0.3 is 11.1 Å². The van der Waals surface area contributed by atoms with E-state index in [2.05, 4.69) is 17.4 Å². The van der Waals surface area contributed by atoms with Crippen LogP contribution in [0.1, 0.15) is 37.8 Å². The number of nitrogens with one attached hydrogen (secondary N) is 1. The molecule has 0 spiro atoms. The van der Waals surface area contributed by atoms with Gasteiger partial charge in [-0.15, -0.1) is 11.8 Å². The van der Waals surface area contributed by atoms with E-state index in [1.54, 1.807) is 0 Å². The van der Waals surface area contributed by atoms with E-state index in [0.717, 1.165) is 18.6 Å². The monoisotopic (exact) mass is 264 g/mol. The standard InChI is InChI=1S/C14H20N2OS/c1-10(15)6-7-14(17)16-12-8-9-18-13-5-3-2-4-11(12)13/h2-5,10,12H,6-9,15H2,1H3,(H,16,17). The van der Waals surface area contributed by atoms with Crippen molar-refractivity contribution in [2.75, 3.05) is 5.75 Å². The molecule has 3 N–H and O–H groups in total. The van der Waals surface area contributed by atoms with Crippen LogP contribution in [0.3, 0.4) is 0 Å². The molecule has 0 saturated carbocycles. The molecule has 2 rings (SSSR count). The number of hydrogen-bond acceptors (Lipinski definition) is 3. The lowest BCUT2D eigenvalue weighted by Gasteiger charge is -2.26. The van der Waals surface area contributed by atoms with Gasteiger partial charge in [0.1, 0.15) is 0 Å². The maximum Gasteiger partial charge on any atom is 0.220 e. The van der Waals surface area contributed by atoms with Crippen LogP contribution in [-0.2, 0) is 4.79 Å². The number of carbonyl (C=O) groups is 1. The quantitative estimate of drug-likeness (QED) is 0.878. The van der Waals surface area contributed by atoms with E-state index in [1.165, 1.54) is 10.5 Å². The molecule has 0 saturated heterocycles. The fraction of sp³-hybridized carbons (Fsp3) is 0.500. The molecule has 0 bridgehead atoms. The third kappa shape index (κ3) is 3.50. The predicted octanol–water partition coefficient (Wildman–Crippen LogP) is 2.47. The van der Waals surface area contributed by atoms with Crippen molar-refractivity contribution < 1.29 is 4.79 Å². The first-order valence-electron chi connectivity index (χ1n) is 6.43. The minimum absolute atomic E-state index is 0.0879. The second-order valence-electron chi connectivity index (χ2n) is 4.81. The minimum Gasteiger partial charge on any atom is -0.349 e. The van der Waals surface area contributed by atoms with Crippen molar-refractivity contribution in [2.45, 2.75) is 43.2 Å². The number of thioether (sulfide) groups is 1. The van der Waals surface area contributed by atoms with Crippen LogP contribution in [0, 0.1) is 0 Å². The van der Waals surface area contributed by atoms with Gasteiger partial charge in [-0.2, -0.15) is 0 Å². The van der Waals surface area contributed by atoms with Gasteiger partial charge in [0.15, 0.2) is 0 Å². The van der Waals surface area contributed by atoms with E-state index < -0.39 is 0 Å². The average Bonchev–Trinajstić information content (AvgIpc) is 2.37. The predicted molar refractivity (Wildman–Crippen MR) is 75.6 cm³/mol. The number of benzene rings is 1. The molecule has 2 atom stereocenters. The first-order chi connectivity index (χ1) is 8.66. The number of nitrogens with two attached hydrogens (primary N) is 1. The molecule has 1 heterocycles. The Labute approximate surface area is 113 Å². The van der Waals surface area contributed by atoms with E-state index in [1.807, 2.05) is 30.8 Å². The zero-order chi connectivity index (χ0) is 13.0. The van der Waals surface area contributed by atoms with E-state index in [4.69, 9.17) is 5.73 Å². The van der Waals surface area contributed by atoms with Crippen molar-refractivity contribution in [3.8, 4) is 0 Å². The molecule has 1 aromatic rings. The van der Waals surface area contributed by atoms with Gasteiger partial charge in [-0.1, -0.05) is 18.2 Å². The van der Waals surface area contributed by atoms with E-state index in [9.17, 15) is 4.79 Å². The van der Waals surface area contributed by atoms with Gasteiger partial charge in [0, 0.05) is 23.1 Å². The molecule has 3 nitrogen and oxygen atoms in total. The summed E-state index contributed by atoms with van der Waals surface area (Å²) in [5.74, 6) is 1.17. The summed E-state index contributed by atoms with van der Waals surface area (Å²) in [4.78, 5) is 13.1. The van der Waals surface area contributed by atoms with Crippen LogP contribution in [0.25, 0.3) is 0 Å². The molecule has 0 fully saturated rings. The van der Waals surface area contributed by atoms with Crippen molar-refractivity contribution >= 4 is 17.7 Å². The van der Waals surface area contributed by atoms with Crippen LogP contribution < -0.4 is 11.1 Å². The van der Waals surface area contributed by atoms with Crippen LogP contribution in [0.4, 0.5) is 0 Å². The van der Waals surface area contributed by atoms with Gasteiger partial charge in [0.25, 0.3) is 0 Å². The number of hydrogen-bond donors (Lipinski definition) is 2. The van der Waals surface area contributed by atoms with Crippen molar-refractivity contribution in [3.05, 3.63) is 29.8 Å². The van der Waals surface area contributed by atoms with Gasteiger partial charge in [-0.25, -0.2) is 0 Å². The first-order valence-corrected chi connectivity index (χ1v) is 7.42. The summed E-state index contributed by atoms with van der Waals surface area (Å²) in [5, 5.41) is 3.12. The number of rotatable bonds is 4. The van der Waals surface area contributed by atoms with Gasteiger partial charge in [0.05, 0.1) is 6.04 Å². The highest BCUT2D eigenvalue weighted by atomic mass is 32.2. The molecule has 1 aliphatic rings. The van der Waals surface area contributed by atoms with Crippen molar-refractivity contribution in [2.24, 2.45) is 5.73 Å². The summed E-state index contributed by atoms with van der Waals surface area (Å²) in [6, 6.07) is 8.57. The molecule has 2 unspecified atom stereocenters. The lowest BCUT2D eigenvalue weighted by Crippen LogP contribution is -2.31. The average molecular weight is 264 g/mol. The Morgan fingerprint density at radius 2 is 2.33 bits per heavy atom. The van der Waals surface area contributed by atoms with Gasteiger partial charge in [-0.05, 0) is 31.4 Å². The third-order valence-corrected chi connectivity index (χ3v) is 4.24. The van der Waals surface area contributed by atoms with Crippen LogP contribution in [0.2, 0.25) is 0 Å². The molecule has 0 aromatic heterocycles. The van der Waals surface area contributed by atoms with Crippen LogP contribution in [-0.4, -0.2) is 17.7 Å². The maximum atomic E-state index is 11.9. The summed E-state index contributed by atoms with van der Waals surface area (Å²) in [5.41, 5.74) is 6.92. The van der Waals surface area contributed by atoms with E-state index in [-0.39, 0.29) is 18.0 Å². The first kappa shape index (κ1) is 13.4. The summed E-state index contributed by atoms with van der Waals surface area (Å²) in [6.07, 6.45) is 2.27. The minimum atomic E-state index is 0.0879. The normalized spacial score (nSPS) is 20.0. The molecule has 1 aromatic carbocycles. The Kier molecular flexibility index (Phi) is 4.66. The molecular weight excluding hydrogens is 244 g/mol. The molecule has 0 aliphatic carbocycles. The van der Waals surface area contributed by atoms with E-state index >= 15 is 0 Å². The number of fused-ring (bicyclic) bond motifs is 1. The number of carbonyl (C=O) groups excluding carboxylic acids is 1. The van der Waals surface area contributed by atoms with Crippen LogP contribution >= 0.6 is 11.8 Å². The molecule has 0 radical (unpaired) electrons. The highest BCUT2D eigenvalue weighted by Crippen LogP contribution is 2.35. The molecule has 98 valence electrons. The second-order valence-corrected chi connectivity index (χ2v) is 5.95. The Morgan fingerprint density at radius 3 is 3.11 bits per heavy atom. The SMILES string of the molecule is CC(N)CCC(=O)NC1CCSc2ccccc21. The third-order valence-electron chi connectivity index (χ3n) is 3.12. The largest absolute Gasteiger partial charge is 0.349 e. The van der Waals surface area contributed by atoms with Crippen LogP contribution in [0.5, 0.6) is 0 Å². The van der Waals surface area contributed by atoms with Gasteiger partial charge in [0.2, 0.25) is 5.91 Å². The van der Waals surface area contributed by atoms with Crippen molar-refractivity contribution in [3.63, 3.8) is 0 Å². The smallest absolute Gasteiger partial charge is 0.220 e. The second kappa shape index (κ2) is 6.25. The summed E-state index contributed by atoms with van der Waals surface area (Å²) >= 11 is 1.87. The molecular formula is C14H20N2OS. The Balaban J connectivity index is 1.96. The van der Waals surface area contributed by atoms with Gasteiger partial charge in [-0.3, -0.25) is 4.79 Å². The summed E-state index contributed by atoms with van der Waals surface area (Å²) in [6.45, 7) is 1.93. The maximum absolute atomic E-state index is 11.9. The lowest BCUT2D eigenvalue weighted by molar-refractivity contribution is -0.122. The zero-order valence-corrected chi connectivity index (χ0v) is 11.5. The van der Waals surface area contributed by atoms with Crippen molar-refractivity contribution in [1.82, 2.24) is 5.32 Å². The topological polar surface area (TPSA) is 55.1 Å². The summed E-state index contributed by atoms with van der Waals surface area (Å²) < 4.78 is 0. The summed E-state index contributed by atoms with van der Waals surface area (Å²) in [7, 11) is 0. The Hall–Kier alpha value is -1.00. The molecule has 1 aliphatic heterocycles. The van der Waals surface area contributed by atoms with Crippen LogP contribution in [0.15, 0.2) is 29.2 Å².